The van der Waals surface area contributed by atoms with E-state index in [9.17, 15) is 0 Å². The molecule has 1 heterocycles. The number of pyridine rings is 1. The molecule has 1 aromatic heterocycles. The monoisotopic (exact) mass is 274 g/mol. The molecule has 1 N–H and O–H groups in total. The van der Waals surface area contributed by atoms with Crippen molar-refractivity contribution in [3.05, 3.63) is 60.4 Å². The first-order valence-electron chi connectivity index (χ1n) is 7.51. The second kappa shape index (κ2) is 4.88. The van der Waals surface area contributed by atoms with Crippen LogP contribution in [0.15, 0.2) is 54.9 Å². The highest BCUT2D eigenvalue weighted by atomic mass is 15.0. The molecule has 4 rings (SSSR count). The average Bonchev–Trinajstić information content (AvgIpc) is 3.33. The molecular formula is C19H18N2. The Kier molecular flexibility index (Phi) is 2.88. The number of fused-ring (bicyclic) bond motifs is 1. The summed E-state index contributed by atoms with van der Waals surface area (Å²) in [7, 11) is 0. The number of rotatable bonds is 3. The fraction of sp³-hybridized carbons (Fsp3) is 0.211. The number of aromatic nitrogens is 1. The van der Waals surface area contributed by atoms with Gasteiger partial charge in [-0.3, -0.25) is 4.98 Å². The largest absolute Gasteiger partial charge is 0.382 e. The number of hydrogen-bond acceptors (Lipinski definition) is 2. The van der Waals surface area contributed by atoms with Crippen LogP contribution in [0.1, 0.15) is 18.4 Å². The van der Waals surface area contributed by atoms with E-state index in [0.29, 0.717) is 6.04 Å². The summed E-state index contributed by atoms with van der Waals surface area (Å²) in [5.74, 6) is 0. The predicted octanol–water partition coefficient (Wildman–Crippen LogP) is 4.78. The zero-order chi connectivity index (χ0) is 14.2. The van der Waals surface area contributed by atoms with Crippen molar-refractivity contribution >= 4 is 16.5 Å². The van der Waals surface area contributed by atoms with E-state index in [-0.39, 0.29) is 0 Å². The number of hydrogen-bond donors (Lipinski definition) is 1. The third-order valence-electron chi connectivity index (χ3n) is 4.22. The van der Waals surface area contributed by atoms with Crippen molar-refractivity contribution in [2.45, 2.75) is 25.8 Å². The van der Waals surface area contributed by atoms with Crippen LogP contribution < -0.4 is 5.32 Å². The Hall–Kier alpha value is -2.35. The van der Waals surface area contributed by atoms with Crippen LogP contribution in [-0.4, -0.2) is 11.0 Å². The van der Waals surface area contributed by atoms with Crippen molar-refractivity contribution < 1.29 is 0 Å². The Balaban J connectivity index is 1.79. The maximum absolute atomic E-state index is 4.18. The molecule has 1 aliphatic rings. The van der Waals surface area contributed by atoms with Gasteiger partial charge in [-0.2, -0.15) is 0 Å². The molecule has 0 spiro atoms. The maximum atomic E-state index is 4.18. The van der Waals surface area contributed by atoms with E-state index in [2.05, 4.69) is 59.7 Å². The lowest BCUT2D eigenvalue weighted by Crippen LogP contribution is -2.03. The number of nitrogens with one attached hydrogen (secondary N) is 1. The first kappa shape index (κ1) is 12.4. The molecular weight excluding hydrogens is 256 g/mol. The lowest BCUT2D eigenvalue weighted by Gasteiger charge is -2.13. The molecule has 104 valence electrons. The van der Waals surface area contributed by atoms with Crippen LogP contribution in [-0.2, 0) is 0 Å². The first-order valence-corrected chi connectivity index (χ1v) is 7.51. The van der Waals surface area contributed by atoms with Crippen molar-refractivity contribution in [1.82, 2.24) is 4.98 Å². The number of benzene rings is 2. The highest BCUT2D eigenvalue weighted by molar-refractivity contribution is 5.87. The van der Waals surface area contributed by atoms with E-state index in [1.54, 1.807) is 0 Å². The van der Waals surface area contributed by atoms with Gasteiger partial charge < -0.3 is 5.32 Å². The van der Waals surface area contributed by atoms with E-state index >= 15 is 0 Å². The highest BCUT2D eigenvalue weighted by Crippen LogP contribution is 2.33. The summed E-state index contributed by atoms with van der Waals surface area (Å²) < 4.78 is 0. The molecule has 1 saturated carbocycles. The fourth-order valence-electron chi connectivity index (χ4n) is 2.80. The van der Waals surface area contributed by atoms with Crippen molar-refractivity contribution in [2.75, 3.05) is 5.32 Å². The van der Waals surface area contributed by atoms with Crippen molar-refractivity contribution in [3.63, 3.8) is 0 Å². The van der Waals surface area contributed by atoms with E-state index in [1.807, 2.05) is 12.4 Å². The summed E-state index contributed by atoms with van der Waals surface area (Å²) in [6.45, 7) is 2.21. The van der Waals surface area contributed by atoms with E-state index in [0.717, 1.165) is 0 Å². The Labute approximate surface area is 124 Å². The Morgan fingerprint density at radius 1 is 1.05 bits per heavy atom. The quantitative estimate of drug-likeness (QED) is 0.743. The molecule has 0 aliphatic heterocycles. The van der Waals surface area contributed by atoms with Crippen LogP contribution in [0.2, 0.25) is 0 Å². The van der Waals surface area contributed by atoms with E-state index in [1.165, 1.54) is 46.0 Å². The summed E-state index contributed by atoms with van der Waals surface area (Å²) in [6.07, 6.45) is 6.36. The molecule has 0 unspecified atom stereocenters. The van der Waals surface area contributed by atoms with Gasteiger partial charge in [0.25, 0.3) is 0 Å². The summed E-state index contributed by atoms with van der Waals surface area (Å²) in [5.41, 5.74) is 5.17. The molecule has 0 amide bonds. The van der Waals surface area contributed by atoms with Crippen LogP contribution >= 0.6 is 0 Å². The number of anilines is 1. The maximum Gasteiger partial charge on any atom is 0.0378 e. The molecule has 0 bridgehead atoms. The van der Waals surface area contributed by atoms with Gasteiger partial charge in [-0.25, -0.2) is 0 Å². The van der Waals surface area contributed by atoms with Gasteiger partial charge in [-0.15, -0.1) is 0 Å². The van der Waals surface area contributed by atoms with Gasteiger partial charge in [0.2, 0.25) is 0 Å². The van der Waals surface area contributed by atoms with Crippen molar-refractivity contribution in [1.29, 1.82) is 0 Å². The topological polar surface area (TPSA) is 24.9 Å². The summed E-state index contributed by atoms with van der Waals surface area (Å²) in [5, 5.41) is 6.05. The zero-order valence-electron chi connectivity index (χ0n) is 12.1. The second-order valence-corrected chi connectivity index (χ2v) is 5.83. The van der Waals surface area contributed by atoms with Crippen molar-refractivity contribution in [2.24, 2.45) is 0 Å². The van der Waals surface area contributed by atoms with Gasteiger partial charge in [-0.05, 0) is 60.0 Å². The lowest BCUT2D eigenvalue weighted by atomic mass is 9.97. The van der Waals surface area contributed by atoms with Gasteiger partial charge in [0.15, 0.2) is 0 Å². The van der Waals surface area contributed by atoms with Crippen LogP contribution in [0, 0.1) is 6.92 Å². The summed E-state index contributed by atoms with van der Waals surface area (Å²) in [6, 6.07) is 15.9. The van der Waals surface area contributed by atoms with Gasteiger partial charge in [-0.1, -0.05) is 24.3 Å². The Morgan fingerprint density at radius 2 is 1.95 bits per heavy atom. The molecule has 21 heavy (non-hydrogen) atoms. The summed E-state index contributed by atoms with van der Waals surface area (Å²) >= 11 is 0. The predicted molar refractivity (Wildman–Crippen MR) is 88.6 cm³/mol. The average molecular weight is 274 g/mol. The lowest BCUT2D eigenvalue weighted by molar-refractivity contribution is 1.15. The molecule has 1 fully saturated rings. The molecule has 0 atom stereocenters. The Morgan fingerprint density at radius 3 is 2.81 bits per heavy atom. The minimum atomic E-state index is 0.682. The standard InChI is InChI=1S/C19H18N2/c1-13-18(3-2-4-19(13)21-17-7-8-17)15-5-6-16-12-20-10-9-14(16)11-15/h2-6,9-12,17,21H,7-8H2,1H3. The van der Waals surface area contributed by atoms with Gasteiger partial charge >= 0.3 is 0 Å². The van der Waals surface area contributed by atoms with Gasteiger partial charge in [0, 0.05) is 29.5 Å². The van der Waals surface area contributed by atoms with Crippen molar-refractivity contribution in [3.8, 4) is 11.1 Å². The Bertz CT molecular complexity index is 804. The van der Waals surface area contributed by atoms with Crippen LogP contribution in [0.5, 0.6) is 0 Å². The molecule has 2 nitrogen and oxygen atoms in total. The fourth-order valence-corrected chi connectivity index (χ4v) is 2.80. The smallest absolute Gasteiger partial charge is 0.0378 e. The first-order chi connectivity index (χ1) is 10.3. The van der Waals surface area contributed by atoms with E-state index < -0.39 is 0 Å². The second-order valence-electron chi connectivity index (χ2n) is 5.83. The van der Waals surface area contributed by atoms with Crippen LogP contribution in [0.3, 0.4) is 0 Å². The van der Waals surface area contributed by atoms with Gasteiger partial charge in [0.05, 0.1) is 0 Å². The third kappa shape index (κ3) is 2.38. The van der Waals surface area contributed by atoms with Crippen LogP contribution in [0.25, 0.3) is 21.9 Å². The molecule has 2 aromatic carbocycles. The summed E-state index contributed by atoms with van der Waals surface area (Å²) in [4.78, 5) is 4.18. The zero-order valence-corrected chi connectivity index (χ0v) is 12.1. The highest BCUT2D eigenvalue weighted by Gasteiger charge is 2.21. The van der Waals surface area contributed by atoms with Gasteiger partial charge in [0.1, 0.15) is 0 Å². The molecule has 2 heteroatoms. The molecule has 3 aromatic rings. The molecule has 0 saturated heterocycles. The molecule has 0 radical (unpaired) electrons. The SMILES string of the molecule is Cc1c(NC2CC2)cccc1-c1ccc2cnccc2c1. The van der Waals surface area contributed by atoms with E-state index in [4.69, 9.17) is 0 Å². The van der Waals surface area contributed by atoms with Crippen LogP contribution in [0.4, 0.5) is 5.69 Å². The normalized spacial score (nSPS) is 14.3. The minimum absolute atomic E-state index is 0.682. The molecule has 1 aliphatic carbocycles. The third-order valence-corrected chi connectivity index (χ3v) is 4.22. The minimum Gasteiger partial charge on any atom is -0.382 e. The number of nitrogens with zero attached hydrogens (tertiary/aromatic N) is 1.